The number of amides is 2. The number of imide groups is 1. The first-order chi connectivity index (χ1) is 8.66. The minimum absolute atomic E-state index is 0.0112. The van der Waals surface area contributed by atoms with Gasteiger partial charge < -0.3 is 5.32 Å². The summed E-state index contributed by atoms with van der Waals surface area (Å²) in [4.78, 5) is 26.6. The van der Waals surface area contributed by atoms with Gasteiger partial charge in [-0.3, -0.25) is 14.5 Å². The first-order valence-electron chi connectivity index (χ1n) is 6.29. The van der Waals surface area contributed by atoms with E-state index >= 15 is 0 Å². The Hall–Kier alpha value is -1.20. The fourth-order valence-corrected chi connectivity index (χ4v) is 3.18. The molecule has 0 radical (unpaired) electrons. The van der Waals surface area contributed by atoms with Gasteiger partial charge in [0.05, 0.1) is 12.5 Å². The molecule has 2 fully saturated rings. The van der Waals surface area contributed by atoms with Crippen molar-refractivity contribution in [1.82, 2.24) is 10.2 Å². The zero-order valence-electron chi connectivity index (χ0n) is 10.3. The predicted molar refractivity (Wildman–Crippen MR) is 69.2 cm³/mol. The Bertz CT molecular complexity index is 493. The molecule has 1 unspecified atom stereocenters. The van der Waals surface area contributed by atoms with Crippen LogP contribution in [0.3, 0.4) is 0 Å². The number of hydrogen-bond acceptors (Lipinski definition) is 4. The van der Waals surface area contributed by atoms with E-state index < -0.39 is 0 Å². The highest BCUT2D eigenvalue weighted by Gasteiger charge is 2.45. The number of nitrogens with one attached hydrogen (secondary N) is 1. The van der Waals surface area contributed by atoms with Crippen molar-refractivity contribution in [2.24, 2.45) is 0 Å². The van der Waals surface area contributed by atoms with E-state index in [1.165, 1.54) is 15.3 Å². The zero-order chi connectivity index (χ0) is 12.7. The van der Waals surface area contributed by atoms with Crippen LogP contribution >= 0.6 is 11.3 Å². The second kappa shape index (κ2) is 4.48. The molecule has 1 N–H and O–H groups in total. The Morgan fingerprint density at radius 3 is 2.83 bits per heavy atom. The standard InChI is InChI=1S/C13H16N2O2S/c1-8-4-5-18-11(8)7-14-10-6-12(16)15(13(10)17)9-2-3-9/h4-5,9-10,14H,2-3,6-7H2,1H3. The number of thiophene rings is 1. The first-order valence-corrected chi connectivity index (χ1v) is 7.17. The van der Waals surface area contributed by atoms with Crippen molar-refractivity contribution in [3.63, 3.8) is 0 Å². The number of rotatable bonds is 4. The van der Waals surface area contributed by atoms with Crippen molar-refractivity contribution in [1.29, 1.82) is 0 Å². The number of carbonyl (C=O) groups is 2. The van der Waals surface area contributed by atoms with Gasteiger partial charge in [0.25, 0.3) is 0 Å². The minimum atomic E-state index is -0.320. The van der Waals surface area contributed by atoms with Crippen LogP contribution in [-0.2, 0) is 16.1 Å². The molecular weight excluding hydrogens is 248 g/mol. The summed E-state index contributed by atoms with van der Waals surface area (Å²) in [5.74, 6) is -0.0420. The number of hydrogen-bond donors (Lipinski definition) is 1. The third-order valence-electron chi connectivity index (χ3n) is 3.57. The second-order valence-electron chi connectivity index (χ2n) is 5.00. The predicted octanol–water partition coefficient (Wildman–Crippen LogP) is 1.44. The van der Waals surface area contributed by atoms with Crippen LogP contribution in [-0.4, -0.2) is 28.8 Å². The van der Waals surface area contributed by atoms with E-state index in [4.69, 9.17) is 0 Å². The van der Waals surface area contributed by atoms with Crippen LogP contribution in [0.5, 0.6) is 0 Å². The molecule has 2 amide bonds. The fourth-order valence-electron chi connectivity index (χ4n) is 2.33. The summed E-state index contributed by atoms with van der Waals surface area (Å²) in [7, 11) is 0. The highest BCUT2D eigenvalue weighted by atomic mass is 32.1. The number of nitrogens with zero attached hydrogens (tertiary/aromatic N) is 1. The van der Waals surface area contributed by atoms with Crippen LogP contribution in [0.15, 0.2) is 11.4 Å². The molecule has 1 aliphatic heterocycles. The SMILES string of the molecule is Cc1ccsc1CNC1CC(=O)N(C2CC2)C1=O. The molecule has 0 aromatic carbocycles. The third-order valence-corrected chi connectivity index (χ3v) is 4.60. The number of likely N-dealkylation sites (tertiary alicyclic amines) is 1. The summed E-state index contributed by atoms with van der Waals surface area (Å²) in [6.45, 7) is 2.73. The molecule has 96 valence electrons. The third kappa shape index (κ3) is 2.08. The van der Waals surface area contributed by atoms with Gasteiger partial charge in [-0.2, -0.15) is 0 Å². The molecule has 1 saturated carbocycles. The van der Waals surface area contributed by atoms with E-state index in [0.29, 0.717) is 13.0 Å². The van der Waals surface area contributed by atoms with E-state index in [1.54, 1.807) is 11.3 Å². The van der Waals surface area contributed by atoms with Gasteiger partial charge in [-0.1, -0.05) is 0 Å². The van der Waals surface area contributed by atoms with Gasteiger partial charge in [0, 0.05) is 17.5 Å². The molecule has 1 aromatic rings. The van der Waals surface area contributed by atoms with Crippen LogP contribution in [0.2, 0.25) is 0 Å². The number of carbonyl (C=O) groups excluding carboxylic acids is 2. The van der Waals surface area contributed by atoms with Crippen molar-refractivity contribution < 1.29 is 9.59 Å². The molecule has 0 bridgehead atoms. The lowest BCUT2D eigenvalue weighted by molar-refractivity contribution is -0.139. The lowest BCUT2D eigenvalue weighted by Gasteiger charge is -2.14. The topological polar surface area (TPSA) is 49.4 Å². The molecule has 1 aliphatic carbocycles. The Labute approximate surface area is 110 Å². The lowest BCUT2D eigenvalue weighted by Crippen LogP contribution is -2.39. The molecule has 1 atom stereocenters. The van der Waals surface area contributed by atoms with Crippen molar-refractivity contribution in [3.8, 4) is 0 Å². The molecule has 2 heterocycles. The fraction of sp³-hybridized carbons (Fsp3) is 0.538. The molecule has 3 rings (SSSR count). The summed E-state index contributed by atoms with van der Waals surface area (Å²) in [6.07, 6.45) is 2.28. The van der Waals surface area contributed by atoms with Crippen molar-refractivity contribution in [2.75, 3.05) is 0 Å². The molecule has 1 saturated heterocycles. The monoisotopic (exact) mass is 264 g/mol. The molecule has 2 aliphatic rings. The lowest BCUT2D eigenvalue weighted by atomic mass is 10.2. The molecule has 0 spiro atoms. The van der Waals surface area contributed by atoms with Crippen molar-refractivity contribution in [2.45, 2.75) is 44.8 Å². The maximum Gasteiger partial charge on any atom is 0.247 e. The van der Waals surface area contributed by atoms with E-state index in [2.05, 4.69) is 18.3 Å². The Morgan fingerprint density at radius 2 is 2.22 bits per heavy atom. The highest BCUT2D eigenvalue weighted by Crippen LogP contribution is 2.31. The van der Waals surface area contributed by atoms with Gasteiger partial charge in [-0.25, -0.2) is 0 Å². The summed E-state index contributed by atoms with van der Waals surface area (Å²) in [6, 6.07) is 1.94. The highest BCUT2D eigenvalue weighted by molar-refractivity contribution is 7.10. The molecule has 1 aromatic heterocycles. The van der Waals surface area contributed by atoms with Crippen molar-refractivity contribution in [3.05, 3.63) is 21.9 Å². The minimum Gasteiger partial charge on any atom is -0.300 e. The second-order valence-corrected chi connectivity index (χ2v) is 6.00. The Balaban J connectivity index is 1.62. The Morgan fingerprint density at radius 1 is 1.44 bits per heavy atom. The molecule has 5 heteroatoms. The zero-order valence-corrected chi connectivity index (χ0v) is 11.1. The van der Waals surface area contributed by atoms with Gasteiger partial charge >= 0.3 is 0 Å². The van der Waals surface area contributed by atoms with E-state index in [1.807, 2.05) is 5.38 Å². The smallest absolute Gasteiger partial charge is 0.247 e. The van der Waals surface area contributed by atoms with E-state index in [-0.39, 0.29) is 23.9 Å². The van der Waals surface area contributed by atoms with Gasteiger partial charge in [0.2, 0.25) is 11.8 Å². The average Bonchev–Trinajstić information content (AvgIpc) is 3.01. The summed E-state index contributed by atoms with van der Waals surface area (Å²) in [5, 5.41) is 5.26. The van der Waals surface area contributed by atoms with Crippen molar-refractivity contribution >= 4 is 23.2 Å². The Kier molecular flexibility index (Phi) is 2.95. The number of aryl methyl sites for hydroxylation is 1. The van der Waals surface area contributed by atoms with Crippen LogP contribution < -0.4 is 5.32 Å². The first kappa shape index (κ1) is 11.9. The van der Waals surface area contributed by atoms with Crippen LogP contribution in [0.4, 0.5) is 0 Å². The molecule has 4 nitrogen and oxygen atoms in total. The maximum absolute atomic E-state index is 12.1. The van der Waals surface area contributed by atoms with Gasteiger partial charge in [0.15, 0.2) is 0 Å². The average molecular weight is 264 g/mol. The van der Waals surface area contributed by atoms with Gasteiger partial charge in [-0.15, -0.1) is 11.3 Å². The van der Waals surface area contributed by atoms with Gasteiger partial charge in [-0.05, 0) is 36.8 Å². The molecule has 18 heavy (non-hydrogen) atoms. The molecular formula is C13H16N2O2S. The quantitative estimate of drug-likeness (QED) is 0.837. The van der Waals surface area contributed by atoms with Gasteiger partial charge in [0.1, 0.15) is 0 Å². The van der Waals surface area contributed by atoms with E-state index in [0.717, 1.165) is 12.8 Å². The summed E-state index contributed by atoms with van der Waals surface area (Å²) < 4.78 is 0. The largest absolute Gasteiger partial charge is 0.300 e. The normalized spacial score (nSPS) is 24.1. The van der Waals surface area contributed by atoms with Crippen LogP contribution in [0, 0.1) is 6.92 Å². The summed E-state index contributed by atoms with van der Waals surface area (Å²) >= 11 is 1.68. The maximum atomic E-state index is 12.1. The summed E-state index contributed by atoms with van der Waals surface area (Å²) in [5.41, 5.74) is 1.24. The van der Waals surface area contributed by atoms with E-state index in [9.17, 15) is 9.59 Å². The van der Waals surface area contributed by atoms with Crippen LogP contribution in [0.1, 0.15) is 29.7 Å². The van der Waals surface area contributed by atoms with Crippen LogP contribution in [0.25, 0.3) is 0 Å².